The van der Waals surface area contributed by atoms with E-state index in [9.17, 15) is 22.8 Å². The third-order valence-corrected chi connectivity index (χ3v) is 4.84. The number of hydrogen-bond donors (Lipinski definition) is 0. The minimum atomic E-state index is -4.53. The highest BCUT2D eigenvalue weighted by Gasteiger charge is 2.31. The summed E-state index contributed by atoms with van der Waals surface area (Å²) in [5, 5.41) is 5.91. The van der Waals surface area contributed by atoms with Crippen molar-refractivity contribution in [3.05, 3.63) is 53.2 Å². The maximum absolute atomic E-state index is 13.1. The van der Waals surface area contributed by atoms with Crippen molar-refractivity contribution in [2.24, 2.45) is 0 Å². The first-order valence-corrected chi connectivity index (χ1v) is 9.68. The second-order valence-electron chi connectivity index (χ2n) is 6.16. The lowest BCUT2D eigenvalue weighted by molar-refractivity contribution is -0.143. The molecule has 0 unspecified atom stereocenters. The van der Waals surface area contributed by atoms with Crippen molar-refractivity contribution in [2.45, 2.75) is 13.1 Å². The molecule has 2 heterocycles. The lowest BCUT2D eigenvalue weighted by Gasteiger charge is -2.13. The zero-order chi connectivity index (χ0) is 21.9. The quantitative estimate of drug-likeness (QED) is 0.549. The van der Waals surface area contributed by atoms with E-state index in [1.54, 1.807) is 24.4 Å². The molecule has 0 saturated carbocycles. The van der Waals surface area contributed by atoms with E-state index in [2.05, 4.69) is 10.1 Å². The van der Waals surface area contributed by atoms with Gasteiger partial charge in [-0.1, -0.05) is 12.1 Å². The van der Waals surface area contributed by atoms with Gasteiger partial charge >= 0.3 is 12.1 Å². The normalized spacial score (nSPS) is 11.4. The zero-order valence-corrected chi connectivity index (χ0v) is 16.8. The summed E-state index contributed by atoms with van der Waals surface area (Å²) in [6.45, 7) is 1.51. The minimum Gasteiger partial charge on any atom is -0.465 e. The smallest absolute Gasteiger partial charge is 0.416 e. The van der Waals surface area contributed by atoms with Crippen LogP contribution in [0.1, 0.15) is 23.1 Å². The summed E-state index contributed by atoms with van der Waals surface area (Å²) in [7, 11) is 1.38. The predicted molar refractivity (Wildman–Crippen MR) is 103 cm³/mol. The van der Waals surface area contributed by atoms with E-state index in [-0.39, 0.29) is 30.5 Å². The summed E-state index contributed by atoms with van der Waals surface area (Å²) in [5.74, 6) is -1.28. The topological polar surface area (TPSA) is 77.3 Å². The molecular formula is C19H17F3N4O3S. The average molecular weight is 438 g/mol. The molecule has 0 radical (unpaired) electrons. The average Bonchev–Trinajstić information content (AvgIpc) is 3.36. The number of carbonyl (C=O) groups is 2. The van der Waals surface area contributed by atoms with Crippen LogP contribution in [0.2, 0.25) is 0 Å². The Morgan fingerprint density at radius 3 is 2.63 bits per heavy atom. The number of benzene rings is 1. The van der Waals surface area contributed by atoms with Crippen molar-refractivity contribution in [2.75, 3.05) is 20.2 Å². The highest BCUT2D eigenvalue weighted by Crippen LogP contribution is 2.32. The van der Waals surface area contributed by atoms with Crippen molar-refractivity contribution in [3.8, 4) is 16.4 Å². The molecule has 3 rings (SSSR count). The molecule has 0 N–H and O–H groups in total. The van der Waals surface area contributed by atoms with Crippen LogP contribution in [0.5, 0.6) is 0 Å². The third-order valence-electron chi connectivity index (χ3n) is 3.98. The van der Waals surface area contributed by atoms with Crippen LogP contribution in [0.4, 0.5) is 13.2 Å². The minimum absolute atomic E-state index is 0.104. The van der Waals surface area contributed by atoms with E-state index in [1.807, 2.05) is 0 Å². The van der Waals surface area contributed by atoms with Crippen molar-refractivity contribution >= 4 is 23.2 Å². The molecule has 11 heteroatoms. The summed E-state index contributed by atoms with van der Waals surface area (Å²) in [5.41, 5.74) is -0.743. The van der Waals surface area contributed by atoms with Crippen LogP contribution < -0.4 is 0 Å². The molecule has 30 heavy (non-hydrogen) atoms. The SMILES string of the molecule is CCOC(=O)CN(C)C(=O)c1nc(-c2cccs2)n(-c2cccc(C(F)(F)F)c2)n1. The molecular weight excluding hydrogens is 421 g/mol. The van der Waals surface area contributed by atoms with Gasteiger partial charge in [0.15, 0.2) is 5.82 Å². The highest BCUT2D eigenvalue weighted by atomic mass is 32.1. The molecule has 0 bridgehead atoms. The van der Waals surface area contributed by atoms with E-state index in [4.69, 9.17) is 4.74 Å². The predicted octanol–water partition coefficient (Wildman–Crippen LogP) is 3.65. The summed E-state index contributed by atoms with van der Waals surface area (Å²) in [4.78, 5) is 30.3. The Morgan fingerprint density at radius 1 is 1.23 bits per heavy atom. The molecule has 1 amide bonds. The van der Waals surface area contributed by atoms with E-state index in [1.165, 1.54) is 35.2 Å². The van der Waals surface area contributed by atoms with Gasteiger partial charge in [0.1, 0.15) is 6.54 Å². The number of likely N-dealkylation sites (N-methyl/N-ethyl adjacent to an activating group) is 1. The number of esters is 1. The van der Waals surface area contributed by atoms with Crippen LogP contribution in [-0.4, -0.2) is 51.7 Å². The van der Waals surface area contributed by atoms with Gasteiger partial charge in [0.05, 0.1) is 22.7 Å². The van der Waals surface area contributed by atoms with E-state index >= 15 is 0 Å². The fourth-order valence-electron chi connectivity index (χ4n) is 2.60. The monoisotopic (exact) mass is 438 g/mol. The molecule has 7 nitrogen and oxygen atoms in total. The van der Waals surface area contributed by atoms with Gasteiger partial charge in [0, 0.05) is 7.05 Å². The second-order valence-corrected chi connectivity index (χ2v) is 7.11. The maximum atomic E-state index is 13.1. The maximum Gasteiger partial charge on any atom is 0.416 e. The molecule has 0 aliphatic carbocycles. The van der Waals surface area contributed by atoms with Gasteiger partial charge in [-0.15, -0.1) is 16.4 Å². The zero-order valence-electron chi connectivity index (χ0n) is 16.0. The van der Waals surface area contributed by atoms with Crippen LogP contribution in [0.3, 0.4) is 0 Å². The Balaban J connectivity index is 2.01. The largest absolute Gasteiger partial charge is 0.465 e. The van der Waals surface area contributed by atoms with Gasteiger partial charge in [-0.3, -0.25) is 9.59 Å². The summed E-state index contributed by atoms with van der Waals surface area (Å²) < 4.78 is 45.4. The molecule has 3 aromatic rings. The Bertz CT molecular complexity index is 1050. The Hall–Kier alpha value is -3.21. The number of amides is 1. The van der Waals surface area contributed by atoms with Gasteiger partial charge in [-0.05, 0) is 36.6 Å². The number of halogens is 3. The molecule has 0 aliphatic rings. The molecule has 0 saturated heterocycles. The Kier molecular flexibility index (Phi) is 6.20. The molecule has 0 atom stereocenters. The first kappa shape index (κ1) is 21.5. The number of thiophene rings is 1. The third kappa shape index (κ3) is 4.67. The number of hydrogen-bond acceptors (Lipinski definition) is 6. The Morgan fingerprint density at radius 2 is 2.00 bits per heavy atom. The van der Waals surface area contributed by atoms with Gasteiger partial charge in [0.25, 0.3) is 5.91 Å². The molecule has 0 fully saturated rings. The van der Waals surface area contributed by atoms with Crippen LogP contribution >= 0.6 is 11.3 Å². The van der Waals surface area contributed by atoms with Gasteiger partial charge in [-0.25, -0.2) is 9.67 Å². The van der Waals surface area contributed by atoms with Gasteiger partial charge in [0.2, 0.25) is 5.82 Å². The summed E-state index contributed by atoms with van der Waals surface area (Å²) in [6.07, 6.45) is -4.53. The summed E-state index contributed by atoms with van der Waals surface area (Å²) in [6, 6.07) is 8.05. The molecule has 1 aromatic carbocycles. The van der Waals surface area contributed by atoms with Crippen molar-refractivity contribution < 1.29 is 27.5 Å². The van der Waals surface area contributed by atoms with Crippen molar-refractivity contribution in [1.29, 1.82) is 0 Å². The fourth-order valence-corrected chi connectivity index (χ4v) is 3.30. The molecule has 158 valence electrons. The summed E-state index contributed by atoms with van der Waals surface area (Å²) >= 11 is 1.30. The van der Waals surface area contributed by atoms with Crippen molar-refractivity contribution in [1.82, 2.24) is 19.7 Å². The van der Waals surface area contributed by atoms with E-state index in [0.717, 1.165) is 17.0 Å². The number of rotatable bonds is 6. The molecule has 0 aliphatic heterocycles. The first-order valence-electron chi connectivity index (χ1n) is 8.80. The number of carbonyl (C=O) groups excluding carboxylic acids is 2. The number of ether oxygens (including phenoxy) is 1. The number of aromatic nitrogens is 3. The molecule has 2 aromatic heterocycles. The first-order chi connectivity index (χ1) is 14.2. The van der Waals surface area contributed by atoms with Gasteiger partial charge < -0.3 is 9.64 Å². The van der Waals surface area contributed by atoms with Gasteiger partial charge in [-0.2, -0.15) is 13.2 Å². The number of nitrogens with zero attached hydrogens (tertiary/aromatic N) is 4. The van der Waals surface area contributed by atoms with Crippen LogP contribution in [-0.2, 0) is 15.7 Å². The lowest BCUT2D eigenvalue weighted by atomic mass is 10.2. The van der Waals surface area contributed by atoms with E-state index in [0.29, 0.717) is 4.88 Å². The Labute approximate surface area is 173 Å². The second kappa shape index (κ2) is 8.66. The van der Waals surface area contributed by atoms with E-state index < -0.39 is 23.6 Å². The lowest BCUT2D eigenvalue weighted by Crippen LogP contribution is -2.33. The van der Waals surface area contributed by atoms with Crippen LogP contribution in [0.25, 0.3) is 16.4 Å². The fraction of sp³-hybridized carbons (Fsp3) is 0.263. The van der Waals surface area contributed by atoms with Crippen LogP contribution in [0.15, 0.2) is 41.8 Å². The number of alkyl halides is 3. The standard InChI is InChI=1S/C19H17F3N4O3S/c1-3-29-15(27)11-25(2)18(28)16-23-17(14-8-5-9-30-14)26(24-16)13-7-4-6-12(10-13)19(20,21)22/h4-10H,3,11H2,1-2H3. The highest BCUT2D eigenvalue weighted by molar-refractivity contribution is 7.13. The molecule has 0 spiro atoms. The van der Waals surface area contributed by atoms with Crippen LogP contribution in [0, 0.1) is 0 Å². The van der Waals surface area contributed by atoms with Crippen molar-refractivity contribution in [3.63, 3.8) is 0 Å².